The topological polar surface area (TPSA) is 113 Å². The van der Waals surface area contributed by atoms with E-state index in [2.05, 4.69) is 10.6 Å². The predicted octanol–water partition coefficient (Wildman–Crippen LogP) is 1.13. The molecule has 130 valence electrons. The Hall–Kier alpha value is -2.70. The maximum atomic E-state index is 12.0. The number of nitrogens with one attached hydrogen (secondary N) is 2. The lowest BCUT2D eigenvalue weighted by Crippen LogP contribution is -2.43. The fourth-order valence-electron chi connectivity index (χ4n) is 2.12. The van der Waals surface area contributed by atoms with Crippen LogP contribution in [0.2, 0.25) is 0 Å². The second-order valence-electron chi connectivity index (χ2n) is 5.41. The van der Waals surface area contributed by atoms with Gasteiger partial charge >= 0.3 is 5.97 Å². The summed E-state index contributed by atoms with van der Waals surface area (Å²) in [6, 6.07) is 6.48. The minimum Gasteiger partial charge on any atom is -0.480 e. The van der Waals surface area contributed by atoms with Gasteiger partial charge in [0.15, 0.2) is 5.78 Å². The van der Waals surface area contributed by atoms with Gasteiger partial charge in [0.25, 0.3) is 5.91 Å². The van der Waals surface area contributed by atoms with Gasteiger partial charge in [-0.25, -0.2) is 4.79 Å². The van der Waals surface area contributed by atoms with Gasteiger partial charge in [-0.2, -0.15) is 0 Å². The van der Waals surface area contributed by atoms with Gasteiger partial charge in [0.1, 0.15) is 6.04 Å². The Bertz CT molecular complexity index is 600. The largest absolute Gasteiger partial charge is 0.480 e. The summed E-state index contributed by atoms with van der Waals surface area (Å²) in [6.07, 6.45) is 0.304. The van der Waals surface area contributed by atoms with Crippen LogP contribution in [0.25, 0.3) is 0 Å². The third-order valence-electron chi connectivity index (χ3n) is 3.53. The third-order valence-corrected chi connectivity index (χ3v) is 3.53. The number of Topliss-reactive ketones (excluding diaryl/α,β-unsaturated/α-hetero) is 1. The molecule has 0 radical (unpaired) electrons. The SMILES string of the molecule is CC[C@H](NC(=O)CC[C@H](NC(=O)c1ccccc1)C(=O)O)C(C)=O. The van der Waals surface area contributed by atoms with Crippen LogP contribution in [0.3, 0.4) is 0 Å². The summed E-state index contributed by atoms with van der Waals surface area (Å²) >= 11 is 0. The fraction of sp³-hybridized carbons (Fsp3) is 0.412. The number of carbonyl (C=O) groups excluding carboxylic acids is 3. The van der Waals surface area contributed by atoms with E-state index < -0.39 is 29.9 Å². The zero-order valence-electron chi connectivity index (χ0n) is 13.7. The average Bonchev–Trinajstić information content (AvgIpc) is 2.56. The van der Waals surface area contributed by atoms with Crippen LogP contribution in [-0.4, -0.2) is 40.8 Å². The van der Waals surface area contributed by atoms with Crippen LogP contribution >= 0.6 is 0 Å². The lowest BCUT2D eigenvalue weighted by Gasteiger charge is -2.16. The highest BCUT2D eigenvalue weighted by Gasteiger charge is 2.22. The van der Waals surface area contributed by atoms with Crippen molar-refractivity contribution in [3.63, 3.8) is 0 Å². The van der Waals surface area contributed by atoms with E-state index in [9.17, 15) is 24.3 Å². The van der Waals surface area contributed by atoms with Crippen molar-refractivity contribution in [2.75, 3.05) is 0 Å². The van der Waals surface area contributed by atoms with Gasteiger partial charge in [-0.3, -0.25) is 14.4 Å². The Morgan fingerprint density at radius 2 is 1.67 bits per heavy atom. The average molecular weight is 334 g/mol. The summed E-state index contributed by atoms with van der Waals surface area (Å²) in [7, 11) is 0. The molecular weight excluding hydrogens is 312 g/mol. The van der Waals surface area contributed by atoms with Gasteiger partial charge in [-0.05, 0) is 31.9 Å². The molecule has 0 aliphatic rings. The van der Waals surface area contributed by atoms with Crippen LogP contribution < -0.4 is 10.6 Å². The standard InChI is InChI=1S/C17H22N2O5/c1-3-13(11(2)20)18-15(21)10-9-14(17(23)24)19-16(22)12-7-5-4-6-8-12/h4-8,13-14H,3,9-10H2,1-2H3,(H,18,21)(H,19,22)(H,23,24)/t13-,14-/m0/s1. The molecule has 24 heavy (non-hydrogen) atoms. The monoisotopic (exact) mass is 334 g/mol. The van der Waals surface area contributed by atoms with Crippen molar-refractivity contribution < 1.29 is 24.3 Å². The minimum atomic E-state index is -1.22. The van der Waals surface area contributed by atoms with Gasteiger partial charge < -0.3 is 15.7 Å². The van der Waals surface area contributed by atoms with E-state index in [0.717, 1.165) is 0 Å². The van der Waals surface area contributed by atoms with Crippen LogP contribution in [-0.2, 0) is 14.4 Å². The second-order valence-corrected chi connectivity index (χ2v) is 5.41. The van der Waals surface area contributed by atoms with Crippen molar-refractivity contribution in [2.45, 2.75) is 45.2 Å². The molecule has 7 heteroatoms. The van der Waals surface area contributed by atoms with Gasteiger partial charge in [0.05, 0.1) is 6.04 Å². The summed E-state index contributed by atoms with van der Waals surface area (Å²) in [5.74, 6) is -2.31. The van der Waals surface area contributed by atoms with Crippen molar-refractivity contribution in [2.24, 2.45) is 0 Å². The Morgan fingerprint density at radius 1 is 1.04 bits per heavy atom. The van der Waals surface area contributed by atoms with E-state index >= 15 is 0 Å². The second kappa shape index (κ2) is 9.44. The highest BCUT2D eigenvalue weighted by molar-refractivity contribution is 5.96. The molecule has 2 amide bonds. The van der Waals surface area contributed by atoms with Gasteiger partial charge in [-0.1, -0.05) is 25.1 Å². The fourth-order valence-corrected chi connectivity index (χ4v) is 2.12. The molecular formula is C17H22N2O5. The Labute approximate surface area is 140 Å². The van der Waals surface area contributed by atoms with E-state index in [1.165, 1.54) is 6.92 Å². The minimum absolute atomic E-state index is 0.0614. The Morgan fingerprint density at radius 3 is 2.17 bits per heavy atom. The van der Waals surface area contributed by atoms with Crippen LogP contribution in [0.15, 0.2) is 30.3 Å². The maximum absolute atomic E-state index is 12.0. The quantitative estimate of drug-likeness (QED) is 0.627. The number of carbonyl (C=O) groups is 4. The number of benzene rings is 1. The lowest BCUT2D eigenvalue weighted by molar-refractivity contribution is -0.139. The number of amides is 2. The molecule has 0 fully saturated rings. The maximum Gasteiger partial charge on any atom is 0.326 e. The number of carboxylic acid groups (broad SMARTS) is 1. The first-order chi connectivity index (χ1) is 11.3. The van der Waals surface area contributed by atoms with E-state index in [-0.39, 0.29) is 18.6 Å². The molecule has 0 aliphatic carbocycles. The highest BCUT2D eigenvalue weighted by atomic mass is 16.4. The summed E-state index contributed by atoms with van der Waals surface area (Å²) in [5, 5.41) is 14.1. The smallest absolute Gasteiger partial charge is 0.326 e. The molecule has 0 saturated carbocycles. The molecule has 0 aliphatic heterocycles. The lowest BCUT2D eigenvalue weighted by atomic mass is 10.1. The summed E-state index contributed by atoms with van der Waals surface area (Å²) in [6.45, 7) is 3.15. The van der Waals surface area contributed by atoms with Gasteiger partial charge in [0.2, 0.25) is 5.91 Å². The Balaban J connectivity index is 2.58. The third kappa shape index (κ3) is 6.20. The first kappa shape index (κ1) is 19.3. The molecule has 0 unspecified atom stereocenters. The molecule has 0 aromatic heterocycles. The molecule has 0 bridgehead atoms. The molecule has 1 rings (SSSR count). The summed E-state index contributed by atoms with van der Waals surface area (Å²) in [5.41, 5.74) is 0.343. The number of rotatable bonds is 9. The van der Waals surface area contributed by atoms with Crippen molar-refractivity contribution in [1.29, 1.82) is 0 Å². The highest BCUT2D eigenvalue weighted by Crippen LogP contribution is 2.04. The molecule has 7 nitrogen and oxygen atoms in total. The van der Waals surface area contributed by atoms with Gasteiger partial charge in [0, 0.05) is 12.0 Å². The Kier molecular flexibility index (Phi) is 7.61. The first-order valence-electron chi connectivity index (χ1n) is 7.73. The van der Waals surface area contributed by atoms with Crippen molar-refractivity contribution in [3.8, 4) is 0 Å². The van der Waals surface area contributed by atoms with Crippen molar-refractivity contribution in [3.05, 3.63) is 35.9 Å². The summed E-state index contributed by atoms with van der Waals surface area (Å²) < 4.78 is 0. The van der Waals surface area contributed by atoms with E-state index in [4.69, 9.17) is 0 Å². The number of ketones is 1. The van der Waals surface area contributed by atoms with E-state index in [1.54, 1.807) is 37.3 Å². The number of carboxylic acids is 1. The zero-order valence-corrected chi connectivity index (χ0v) is 13.7. The molecule has 0 spiro atoms. The van der Waals surface area contributed by atoms with Crippen LogP contribution in [0, 0.1) is 0 Å². The predicted molar refractivity (Wildman–Crippen MR) is 87.5 cm³/mol. The molecule has 3 N–H and O–H groups in total. The number of hydrogen-bond acceptors (Lipinski definition) is 4. The number of hydrogen-bond donors (Lipinski definition) is 3. The zero-order chi connectivity index (χ0) is 18.1. The number of aliphatic carboxylic acids is 1. The van der Waals surface area contributed by atoms with Crippen LogP contribution in [0.5, 0.6) is 0 Å². The van der Waals surface area contributed by atoms with E-state index in [1.807, 2.05) is 0 Å². The molecule has 0 heterocycles. The first-order valence-corrected chi connectivity index (χ1v) is 7.73. The molecule has 0 saturated heterocycles. The van der Waals surface area contributed by atoms with Crippen molar-refractivity contribution in [1.82, 2.24) is 10.6 Å². The van der Waals surface area contributed by atoms with Crippen LogP contribution in [0.4, 0.5) is 0 Å². The molecule has 2 atom stereocenters. The summed E-state index contributed by atoms with van der Waals surface area (Å²) in [4.78, 5) is 46.4. The normalized spacial score (nSPS) is 12.8. The van der Waals surface area contributed by atoms with E-state index in [0.29, 0.717) is 12.0 Å². The van der Waals surface area contributed by atoms with Gasteiger partial charge in [-0.15, -0.1) is 0 Å². The van der Waals surface area contributed by atoms with Crippen LogP contribution in [0.1, 0.15) is 43.5 Å². The molecule has 1 aromatic rings. The van der Waals surface area contributed by atoms with Crippen molar-refractivity contribution >= 4 is 23.6 Å². The molecule has 1 aromatic carbocycles.